The Labute approximate surface area is 171 Å². The van der Waals surface area contributed by atoms with E-state index in [1.54, 1.807) is 41.3 Å². The van der Waals surface area contributed by atoms with Crippen molar-refractivity contribution in [3.63, 3.8) is 0 Å². The van der Waals surface area contributed by atoms with E-state index in [9.17, 15) is 13.6 Å². The Morgan fingerprint density at radius 2 is 1.60 bits per heavy atom. The molecule has 0 aliphatic heterocycles. The van der Waals surface area contributed by atoms with Crippen LogP contribution in [0, 0.1) is 11.6 Å². The number of benzene rings is 2. The maximum atomic E-state index is 13.3. The molecule has 5 rings (SSSR count). The molecule has 0 atom stereocenters. The zero-order valence-electron chi connectivity index (χ0n) is 16.0. The highest BCUT2D eigenvalue weighted by atomic mass is 19.1. The summed E-state index contributed by atoms with van der Waals surface area (Å²) in [6.45, 7) is 0. The summed E-state index contributed by atoms with van der Waals surface area (Å²) >= 11 is 0. The molecule has 5 nitrogen and oxygen atoms in total. The number of nitrogens with zero attached hydrogens (tertiary/aromatic N) is 3. The highest BCUT2D eigenvalue weighted by molar-refractivity contribution is 6.06. The largest absolute Gasteiger partial charge is 0.342 e. The van der Waals surface area contributed by atoms with Gasteiger partial charge in [0.15, 0.2) is 0 Å². The van der Waals surface area contributed by atoms with Gasteiger partial charge in [0.2, 0.25) is 0 Å². The van der Waals surface area contributed by atoms with Gasteiger partial charge < -0.3 is 5.32 Å². The summed E-state index contributed by atoms with van der Waals surface area (Å²) in [7, 11) is 0. The van der Waals surface area contributed by atoms with E-state index in [0.717, 1.165) is 24.8 Å². The van der Waals surface area contributed by atoms with E-state index in [1.807, 2.05) is 0 Å². The van der Waals surface area contributed by atoms with Crippen LogP contribution in [0.3, 0.4) is 0 Å². The van der Waals surface area contributed by atoms with Gasteiger partial charge in [0.05, 0.1) is 34.7 Å². The van der Waals surface area contributed by atoms with Crippen LogP contribution in [0.2, 0.25) is 0 Å². The van der Waals surface area contributed by atoms with Crippen molar-refractivity contribution in [3.05, 3.63) is 89.9 Å². The predicted molar refractivity (Wildman–Crippen MR) is 108 cm³/mol. The van der Waals surface area contributed by atoms with Crippen LogP contribution in [0.4, 0.5) is 8.78 Å². The lowest BCUT2D eigenvalue weighted by atomic mass is 9.71. The molecule has 2 heterocycles. The monoisotopic (exact) mass is 404 g/mol. The van der Waals surface area contributed by atoms with E-state index >= 15 is 0 Å². The highest BCUT2D eigenvalue weighted by Crippen LogP contribution is 2.41. The minimum Gasteiger partial charge on any atom is -0.342 e. The molecule has 0 unspecified atom stereocenters. The summed E-state index contributed by atoms with van der Waals surface area (Å²) < 4.78 is 28.2. The second-order valence-corrected chi connectivity index (χ2v) is 7.55. The Morgan fingerprint density at radius 3 is 2.23 bits per heavy atom. The van der Waals surface area contributed by atoms with E-state index in [1.165, 1.54) is 30.5 Å². The van der Waals surface area contributed by atoms with Crippen molar-refractivity contribution < 1.29 is 13.6 Å². The molecule has 0 saturated heterocycles. The third kappa shape index (κ3) is 3.03. The third-order valence-corrected chi connectivity index (χ3v) is 5.77. The summed E-state index contributed by atoms with van der Waals surface area (Å²) in [5.74, 6) is -0.891. The van der Waals surface area contributed by atoms with Crippen molar-refractivity contribution in [1.29, 1.82) is 0 Å². The minimum absolute atomic E-state index is 0.254. The normalized spacial score (nSPS) is 15.0. The van der Waals surface area contributed by atoms with Crippen LogP contribution < -0.4 is 5.32 Å². The fourth-order valence-electron chi connectivity index (χ4n) is 3.98. The summed E-state index contributed by atoms with van der Waals surface area (Å²) in [5, 5.41) is 8.17. The van der Waals surface area contributed by atoms with E-state index in [2.05, 4.69) is 15.4 Å². The molecule has 0 bridgehead atoms. The zero-order chi connectivity index (χ0) is 20.7. The average Bonchev–Trinajstić information content (AvgIpc) is 3.16. The van der Waals surface area contributed by atoms with Crippen LogP contribution in [0.1, 0.15) is 35.2 Å². The molecule has 2 aromatic carbocycles. The van der Waals surface area contributed by atoms with Crippen LogP contribution in [0.25, 0.3) is 16.6 Å². The molecular weight excluding hydrogens is 386 g/mol. The number of fused-ring (bicyclic) bond motifs is 1. The fourth-order valence-corrected chi connectivity index (χ4v) is 3.98. The van der Waals surface area contributed by atoms with Gasteiger partial charge in [-0.2, -0.15) is 5.10 Å². The van der Waals surface area contributed by atoms with Crippen molar-refractivity contribution in [2.75, 3.05) is 0 Å². The van der Waals surface area contributed by atoms with Gasteiger partial charge in [-0.1, -0.05) is 12.1 Å². The molecule has 0 spiro atoms. The van der Waals surface area contributed by atoms with Crippen LogP contribution in [-0.2, 0) is 5.54 Å². The number of carbonyl (C=O) groups excluding carboxylic acids is 1. The van der Waals surface area contributed by atoms with Crippen molar-refractivity contribution in [1.82, 2.24) is 20.1 Å². The summed E-state index contributed by atoms with van der Waals surface area (Å²) in [6, 6.07) is 12.2. The lowest BCUT2D eigenvalue weighted by Gasteiger charge is -2.43. The van der Waals surface area contributed by atoms with Gasteiger partial charge in [0.25, 0.3) is 5.91 Å². The van der Waals surface area contributed by atoms with Crippen LogP contribution >= 0.6 is 0 Å². The fraction of sp³-hybridized carbons (Fsp3) is 0.174. The number of nitrogens with one attached hydrogen (secondary N) is 1. The topological polar surface area (TPSA) is 59.8 Å². The van der Waals surface area contributed by atoms with Gasteiger partial charge in [-0.3, -0.25) is 9.78 Å². The molecule has 150 valence electrons. The first-order valence-electron chi connectivity index (χ1n) is 9.72. The Balaban J connectivity index is 1.49. The number of pyridine rings is 1. The number of carbonyl (C=O) groups is 1. The summed E-state index contributed by atoms with van der Waals surface area (Å²) in [5.41, 5.74) is 2.13. The minimum atomic E-state index is -0.500. The maximum Gasteiger partial charge on any atom is 0.254 e. The molecule has 1 saturated carbocycles. The summed E-state index contributed by atoms with van der Waals surface area (Å²) in [6.07, 6.45) is 7.33. The molecule has 1 amide bonds. The lowest BCUT2D eigenvalue weighted by molar-refractivity contribution is 0.0824. The molecule has 1 aliphatic rings. The number of halogens is 2. The first-order chi connectivity index (χ1) is 14.6. The molecule has 1 aliphatic carbocycles. The van der Waals surface area contributed by atoms with Crippen molar-refractivity contribution in [2.45, 2.75) is 24.8 Å². The van der Waals surface area contributed by atoms with Crippen LogP contribution in [-0.4, -0.2) is 20.7 Å². The van der Waals surface area contributed by atoms with Gasteiger partial charge in [0, 0.05) is 11.6 Å². The third-order valence-electron chi connectivity index (χ3n) is 5.77. The number of hydrogen-bond donors (Lipinski definition) is 1. The standard InChI is InChI=1S/C23H18F2N4O/c24-16-4-2-15(3-5-16)23(10-1-11-23)28-22(30)20-12-26-14-21-19(20)13-27-29(21)18-8-6-17(25)7-9-18/h2-9,12-14H,1,10-11H2,(H,28,30). The Morgan fingerprint density at radius 1 is 0.933 bits per heavy atom. The van der Waals surface area contributed by atoms with E-state index < -0.39 is 5.54 Å². The number of rotatable bonds is 4. The molecule has 0 radical (unpaired) electrons. The molecule has 4 aromatic rings. The quantitative estimate of drug-likeness (QED) is 0.545. The smallest absolute Gasteiger partial charge is 0.254 e. The second-order valence-electron chi connectivity index (χ2n) is 7.55. The Bertz CT molecular complexity index is 1230. The van der Waals surface area contributed by atoms with Crippen molar-refractivity contribution in [3.8, 4) is 5.69 Å². The summed E-state index contributed by atoms with van der Waals surface area (Å²) in [4.78, 5) is 17.4. The van der Waals surface area contributed by atoms with E-state index in [4.69, 9.17) is 0 Å². The molecule has 2 aromatic heterocycles. The maximum absolute atomic E-state index is 13.3. The van der Waals surface area contributed by atoms with Crippen molar-refractivity contribution in [2.24, 2.45) is 0 Å². The Hall–Kier alpha value is -3.61. The number of amides is 1. The zero-order valence-corrected chi connectivity index (χ0v) is 16.0. The van der Waals surface area contributed by atoms with Gasteiger partial charge in [-0.05, 0) is 61.2 Å². The van der Waals surface area contributed by atoms with Gasteiger partial charge in [-0.25, -0.2) is 13.5 Å². The highest BCUT2D eigenvalue weighted by Gasteiger charge is 2.40. The molecule has 1 N–H and O–H groups in total. The molecule has 1 fully saturated rings. The SMILES string of the molecule is O=C(NC1(c2ccc(F)cc2)CCC1)c1cncc2c1cnn2-c1ccc(F)cc1. The Kier molecular flexibility index (Phi) is 4.31. The predicted octanol–water partition coefficient (Wildman–Crippen LogP) is 4.51. The lowest BCUT2D eigenvalue weighted by Crippen LogP contribution is -2.50. The number of hydrogen-bond acceptors (Lipinski definition) is 3. The van der Waals surface area contributed by atoms with Gasteiger partial charge in [-0.15, -0.1) is 0 Å². The first-order valence-corrected chi connectivity index (χ1v) is 9.72. The molecule has 30 heavy (non-hydrogen) atoms. The van der Waals surface area contributed by atoms with Crippen molar-refractivity contribution >= 4 is 16.8 Å². The first kappa shape index (κ1) is 18.4. The molecule has 7 heteroatoms. The average molecular weight is 404 g/mol. The van der Waals surface area contributed by atoms with Crippen LogP contribution in [0.5, 0.6) is 0 Å². The van der Waals surface area contributed by atoms with Gasteiger partial charge >= 0.3 is 0 Å². The number of aromatic nitrogens is 3. The second kappa shape index (κ2) is 7.02. The molecular formula is C23H18F2N4O. The van der Waals surface area contributed by atoms with Gasteiger partial charge in [0.1, 0.15) is 11.6 Å². The van der Waals surface area contributed by atoms with Crippen LogP contribution in [0.15, 0.2) is 67.1 Å². The van der Waals surface area contributed by atoms with E-state index in [0.29, 0.717) is 22.2 Å². The van der Waals surface area contributed by atoms with E-state index in [-0.39, 0.29) is 17.5 Å².